The number of hydrogen-bond donors (Lipinski definition) is 2. The maximum atomic E-state index is 12.2. The fraction of sp³-hybridized carbons (Fsp3) is 0.143. The predicted molar refractivity (Wildman–Crippen MR) is 110 cm³/mol. The van der Waals surface area contributed by atoms with E-state index in [9.17, 15) is 9.59 Å². The van der Waals surface area contributed by atoms with Crippen LogP contribution < -0.4 is 10.6 Å². The first-order valence-electron chi connectivity index (χ1n) is 8.53. The largest absolute Gasteiger partial charge is 0.325 e. The van der Waals surface area contributed by atoms with E-state index in [0.717, 1.165) is 16.5 Å². The van der Waals surface area contributed by atoms with Gasteiger partial charge in [0, 0.05) is 5.69 Å². The Bertz CT molecular complexity index is 974. The molecule has 0 aliphatic rings. The zero-order valence-corrected chi connectivity index (χ0v) is 15.7. The number of benzene rings is 3. The fourth-order valence-corrected chi connectivity index (χ4v) is 2.95. The van der Waals surface area contributed by atoms with Crippen molar-refractivity contribution in [2.24, 2.45) is 0 Å². The average molecular weight is 382 g/mol. The van der Waals surface area contributed by atoms with Gasteiger partial charge in [0.05, 0.1) is 23.8 Å². The number of fused-ring (bicyclic) bond motifs is 1. The second-order valence-corrected chi connectivity index (χ2v) is 6.72. The van der Waals surface area contributed by atoms with E-state index in [2.05, 4.69) is 10.6 Å². The number of nitrogens with zero attached hydrogens (tertiary/aromatic N) is 1. The SMILES string of the molecule is CN(CC(=O)Nc1ccc2ccccc2c1)CC(=O)Nc1ccccc1Cl. The minimum atomic E-state index is -0.232. The minimum absolute atomic E-state index is 0.0797. The third-order valence-corrected chi connectivity index (χ3v) is 4.34. The number of rotatable bonds is 6. The third-order valence-electron chi connectivity index (χ3n) is 4.01. The van der Waals surface area contributed by atoms with Crippen LogP contribution in [0.2, 0.25) is 5.02 Å². The molecule has 3 aromatic carbocycles. The molecule has 0 fully saturated rings. The van der Waals surface area contributed by atoms with Gasteiger partial charge < -0.3 is 10.6 Å². The fourth-order valence-electron chi connectivity index (χ4n) is 2.77. The highest BCUT2D eigenvalue weighted by atomic mass is 35.5. The second kappa shape index (κ2) is 8.66. The zero-order chi connectivity index (χ0) is 19.2. The lowest BCUT2D eigenvalue weighted by atomic mass is 10.1. The van der Waals surface area contributed by atoms with Crippen molar-refractivity contribution in [1.82, 2.24) is 4.90 Å². The van der Waals surface area contributed by atoms with E-state index in [-0.39, 0.29) is 24.9 Å². The molecule has 3 rings (SSSR count). The number of halogens is 1. The summed E-state index contributed by atoms with van der Waals surface area (Å²) in [6, 6.07) is 20.7. The van der Waals surface area contributed by atoms with Gasteiger partial charge in [0.1, 0.15) is 0 Å². The van der Waals surface area contributed by atoms with Gasteiger partial charge in [-0.3, -0.25) is 14.5 Å². The second-order valence-electron chi connectivity index (χ2n) is 6.31. The molecule has 2 amide bonds. The summed E-state index contributed by atoms with van der Waals surface area (Å²) >= 11 is 6.03. The van der Waals surface area contributed by atoms with Crippen LogP contribution in [0.15, 0.2) is 66.7 Å². The molecule has 27 heavy (non-hydrogen) atoms. The van der Waals surface area contributed by atoms with Crippen LogP contribution in [0.25, 0.3) is 10.8 Å². The van der Waals surface area contributed by atoms with Crippen molar-refractivity contribution in [3.8, 4) is 0 Å². The number of carbonyl (C=O) groups excluding carboxylic acids is 2. The Hall–Kier alpha value is -2.89. The number of likely N-dealkylation sites (N-methyl/N-ethyl adjacent to an activating group) is 1. The van der Waals surface area contributed by atoms with Crippen LogP contribution in [-0.2, 0) is 9.59 Å². The molecule has 0 bridgehead atoms. The van der Waals surface area contributed by atoms with E-state index >= 15 is 0 Å². The topological polar surface area (TPSA) is 61.4 Å². The molecular weight excluding hydrogens is 362 g/mol. The van der Waals surface area contributed by atoms with E-state index in [1.54, 1.807) is 36.2 Å². The number of hydrogen-bond acceptors (Lipinski definition) is 3. The number of carbonyl (C=O) groups is 2. The van der Waals surface area contributed by atoms with Crippen molar-refractivity contribution in [2.45, 2.75) is 0 Å². The summed E-state index contributed by atoms with van der Waals surface area (Å²) in [5, 5.41) is 8.25. The third kappa shape index (κ3) is 5.29. The number of amides is 2. The van der Waals surface area contributed by atoms with Gasteiger partial charge in [-0.2, -0.15) is 0 Å². The lowest BCUT2D eigenvalue weighted by Gasteiger charge is -2.16. The molecule has 0 saturated heterocycles. The Kier molecular flexibility index (Phi) is 6.06. The number of anilines is 2. The first-order chi connectivity index (χ1) is 13.0. The summed E-state index contributed by atoms with van der Waals surface area (Å²) in [7, 11) is 1.71. The summed E-state index contributed by atoms with van der Waals surface area (Å²) in [5.41, 5.74) is 1.28. The quantitative estimate of drug-likeness (QED) is 0.678. The van der Waals surface area contributed by atoms with Gasteiger partial charge in [-0.1, -0.05) is 54.1 Å². The van der Waals surface area contributed by atoms with Crippen molar-refractivity contribution >= 4 is 45.6 Å². The smallest absolute Gasteiger partial charge is 0.238 e. The van der Waals surface area contributed by atoms with Gasteiger partial charge in [-0.05, 0) is 42.1 Å². The first-order valence-corrected chi connectivity index (χ1v) is 8.90. The van der Waals surface area contributed by atoms with Crippen LogP contribution in [0.1, 0.15) is 0 Å². The standard InChI is InChI=1S/C21H20ClN3O2/c1-25(14-21(27)24-19-9-5-4-8-18(19)22)13-20(26)23-17-11-10-15-6-2-3-7-16(15)12-17/h2-12H,13-14H2,1H3,(H,23,26)(H,24,27). The van der Waals surface area contributed by atoms with Crippen LogP contribution >= 0.6 is 11.6 Å². The summed E-state index contributed by atoms with van der Waals surface area (Å²) < 4.78 is 0. The normalized spacial score (nSPS) is 10.8. The Morgan fingerprint density at radius 2 is 1.48 bits per heavy atom. The van der Waals surface area contributed by atoms with Crippen molar-refractivity contribution in [2.75, 3.05) is 30.8 Å². The lowest BCUT2D eigenvalue weighted by Crippen LogP contribution is -2.36. The first kappa shape index (κ1) is 18.9. The van der Waals surface area contributed by atoms with Crippen LogP contribution in [-0.4, -0.2) is 36.9 Å². The van der Waals surface area contributed by atoms with Gasteiger partial charge in [-0.25, -0.2) is 0 Å². The maximum absolute atomic E-state index is 12.2. The predicted octanol–water partition coefficient (Wildman–Crippen LogP) is 4.00. The van der Waals surface area contributed by atoms with Crippen LogP contribution in [0.3, 0.4) is 0 Å². The zero-order valence-electron chi connectivity index (χ0n) is 14.9. The molecule has 0 atom stereocenters. The van der Waals surface area contributed by atoms with E-state index in [4.69, 9.17) is 11.6 Å². The Morgan fingerprint density at radius 1 is 0.852 bits per heavy atom. The minimum Gasteiger partial charge on any atom is -0.325 e. The Labute approximate surface area is 162 Å². The van der Waals surface area contributed by atoms with Crippen molar-refractivity contribution in [1.29, 1.82) is 0 Å². The van der Waals surface area contributed by atoms with E-state index < -0.39 is 0 Å². The average Bonchev–Trinajstić information content (AvgIpc) is 2.63. The van der Waals surface area contributed by atoms with Gasteiger partial charge in [0.15, 0.2) is 0 Å². The lowest BCUT2D eigenvalue weighted by molar-refractivity contribution is -0.119. The molecule has 0 aliphatic heterocycles. The van der Waals surface area contributed by atoms with Crippen LogP contribution in [0.5, 0.6) is 0 Å². The van der Waals surface area contributed by atoms with Gasteiger partial charge in [-0.15, -0.1) is 0 Å². The monoisotopic (exact) mass is 381 g/mol. The molecule has 0 unspecified atom stereocenters. The molecule has 138 valence electrons. The maximum Gasteiger partial charge on any atom is 0.238 e. The molecule has 0 aliphatic carbocycles. The molecule has 6 heteroatoms. The number of para-hydroxylation sites is 1. The van der Waals surface area contributed by atoms with Crippen molar-refractivity contribution in [3.05, 3.63) is 71.8 Å². The van der Waals surface area contributed by atoms with Gasteiger partial charge >= 0.3 is 0 Å². The molecule has 0 radical (unpaired) electrons. The summed E-state index contributed by atoms with van der Waals surface area (Å²) in [4.78, 5) is 26.0. The molecular formula is C21H20ClN3O2. The molecule has 0 saturated carbocycles. The van der Waals surface area contributed by atoms with Crippen LogP contribution in [0.4, 0.5) is 11.4 Å². The van der Waals surface area contributed by atoms with E-state index in [0.29, 0.717) is 10.7 Å². The summed E-state index contributed by atoms with van der Waals surface area (Å²) in [6.45, 7) is 0.180. The summed E-state index contributed by atoms with van der Waals surface area (Å²) in [5.74, 6) is -0.414. The highest BCUT2D eigenvalue weighted by Crippen LogP contribution is 2.20. The highest BCUT2D eigenvalue weighted by molar-refractivity contribution is 6.33. The van der Waals surface area contributed by atoms with Gasteiger partial charge in [0.2, 0.25) is 11.8 Å². The summed E-state index contributed by atoms with van der Waals surface area (Å²) in [6.07, 6.45) is 0. The number of nitrogens with one attached hydrogen (secondary N) is 2. The Morgan fingerprint density at radius 3 is 2.22 bits per heavy atom. The van der Waals surface area contributed by atoms with Gasteiger partial charge in [0.25, 0.3) is 0 Å². The molecule has 2 N–H and O–H groups in total. The van der Waals surface area contributed by atoms with Crippen LogP contribution in [0, 0.1) is 0 Å². The molecule has 0 heterocycles. The van der Waals surface area contributed by atoms with Crippen molar-refractivity contribution in [3.63, 3.8) is 0 Å². The van der Waals surface area contributed by atoms with E-state index in [1.165, 1.54) is 0 Å². The van der Waals surface area contributed by atoms with Crippen molar-refractivity contribution < 1.29 is 9.59 Å². The molecule has 5 nitrogen and oxygen atoms in total. The Balaban J connectivity index is 1.52. The van der Waals surface area contributed by atoms with E-state index in [1.807, 2.05) is 42.5 Å². The molecule has 0 spiro atoms. The highest BCUT2D eigenvalue weighted by Gasteiger charge is 2.12. The molecule has 0 aromatic heterocycles. The molecule has 3 aromatic rings.